The summed E-state index contributed by atoms with van der Waals surface area (Å²) >= 11 is 0. The zero-order valence-electron chi connectivity index (χ0n) is 19.4. The topological polar surface area (TPSA) is 17.6 Å². The van der Waals surface area contributed by atoms with Gasteiger partial charge in [0.15, 0.2) is 0 Å². The molecule has 5 aromatic carbocycles. The van der Waals surface area contributed by atoms with Crippen molar-refractivity contribution in [3.05, 3.63) is 109 Å². The number of rotatable bonds is 2. The lowest BCUT2D eigenvalue weighted by molar-refractivity contribution is 0.669. The zero-order chi connectivity index (χ0) is 23.8. The fraction of sp³-hybridized carbons (Fsp3) is 0. The van der Waals surface area contributed by atoms with Gasteiger partial charge in [-0.2, -0.15) is 0 Å². The van der Waals surface area contributed by atoms with E-state index in [4.69, 9.17) is 4.42 Å². The van der Waals surface area contributed by atoms with Crippen molar-refractivity contribution in [1.82, 2.24) is 4.40 Å². The first-order valence-electron chi connectivity index (χ1n) is 12.1. The molecule has 0 saturated carbocycles. The molecule has 0 spiro atoms. The Morgan fingerprint density at radius 2 is 1.31 bits per heavy atom. The van der Waals surface area contributed by atoms with Gasteiger partial charge >= 0.3 is 0 Å². The highest BCUT2D eigenvalue weighted by Crippen LogP contribution is 2.41. The molecular formula is C33H20NOP. The predicted molar refractivity (Wildman–Crippen MR) is 156 cm³/mol. The SMILES string of the molecule is C=Pc1cc(-c2ccccc2)c2c3cc4ccccc4cc3c3cc4oc5ccccc5c4cc3n12. The number of pyridine rings is 1. The first kappa shape index (κ1) is 19.9. The average molecular weight is 478 g/mol. The third-order valence-corrected chi connectivity index (χ3v) is 8.05. The molecule has 0 radical (unpaired) electrons. The van der Waals surface area contributed by atoms with Crippen molar-refractivity contribution < 1.29 is 4.42 Å². The summed E-state index contributed by atoms with van der Waals surface area (Å²) in [6, 6.07) is 39.1. The van der Waals surface area contributed by atoms with Crippen molar-refractivity contribution >= 4 is 79.8 Å². The number of hydrogen-bond donors (Lipinski definition) is 0. The molecule has 0 unspecified atom stereocenters. The van der Waals surface area contributed by atoms with Gasteiger partial charge in [0.1, 0.15) is 11.2 Å². The molecule has 0 atom stereocenters. The monoisotopic (exact) mass is 477 g/mol. The van der Waals surface area contributed by atoms with Crippen LogP contribution in [0.25, 0.3) is 71.0 Å². The van der Waals surface area contributed by atoms with E-state index in [1.54, 1.807) is 0 Å². The average Bonchev–Trinajstić information content (AvgIpc) is 3.50. The Kier molecular flexibility index (Phi) is 4.03. The van der Waals surface area contributed by atoms with Crippen LogP contribution in [-0.4, -0.2) is 10.7 Å². The summed E-state index contributed by atoms with van der Waals surface area (Å²) in [5.74, 6) is 0. The van der Waals surface area contributed by atoms with Crippen LogP contribution in [0.1, 0.15) is 0 Å². The van der Waals surface area contributed by atoms with Gasteiger partial charge in [-0.05, 0) is 58.1 Å². The maximum atomic E-state index is 6.32. The molecule has 8 rings (SSSR count). The third-order valence-electron chi connectivity index (χ3n) is 7.40. The second-order valence-corrected chi connectivity index (χ2v) is 10.1. The van der Waals surface area contributed by atoms with E-state index in [9.17, 15) is 0 Å². The molecule has 36 heavy (non-hydrogen) atoms. The van der Waals surface area contributed by atoms with E-state index in [0.717, 1.165) is 30.1 Å². The number of aromatic nitrogens is 1. The van der Waals surface area contributed by atoms with Crippen molar-refractivity contribution in [2.45, 2.75) is 0 Å². The van der Waals surface area contributed by atoms with Gasteiger partial charge in [0.05, 0.1) is 16.5 Å². The number of nitrogens with zero attached hydrogens (tertiary/aromatic N) is 1. The molecule has 8 aromatic rings. The van der Waals surface area contributed by atoms with Gasteiger partial charge in [-0.15, -0.1) is 0 Å². The minimum atomic E-state index is 0.918. The van der Waals surface area contributed by atoms with Crippen LogP contribution in [0, 0.1) is 0 Å². The highest BCUT2D eigenvalue weighted by atomic mass is 31.1. The van der Waals surface area contributed by atoms with E-state index < -0.39 is 0 Å². The number of hydrogen-bond acceptors (Lipinski definition) is 1. The molecule has 0 fully saturated rings. The Labute approximate surface area is 208 Å². The molecule has 0 aliphatic carbocycles. The Bertz CT molecular complexity index is 2170. The Balaban J connectivity index is 1.68. The highest BCUT2D eigenvalue weighted by molar-refractivity contribution is 7.45. The zero-order valence-corrected chi connectivity index (χ0v) is 20.3. The van der Waals surface area contributed by atoms with Gasteiger partial charge in [0, 0.05) is 27.1 Å². The summed E-state index contributed by atoms with van der Waals surface area (Å²) in [4.78, 5) is 0. The fourth-order valence-corrected chi connectivity index (χ4v) is 6.35. The lowest BCUT2D eigenvalue weighted by Crippen LogP contribution is -2.03. The number of fused-ring (bicyclic) bond motifs is 10. The van der Waals surface area contributed by atoms with Gasteiger partial charge in [0.25, 0.3) is 0 Å². The van der Waals surface area contributed by atoms with Crippen LogP contribution in [0.5, 0.6) is 0 Å². The molecule has 3 heterocycles. The van der Waals surface area contributed by atoms with E-state index in [0.29, 0.717) is 0 Å². The van der Waals surface area contributed by atoms with Gasteiger partial charge in [0.2, 0.25) is 0 Å². The van der Waals surface area contributed by atoms with Crippen molar-refractivity contribution in [1.29, 1.82) is 0 Å². The van der Waals surface area contributed by atoms with Crippen LogP contribution in [0.4, 0.5) is 0 Å². The molecule has 168 valence electrons. The molecule has 0 amide bonds. The summed E-state index contributed by atoms with van der Waals surface area (Å²) < 4.78 is 8.74. The summed E-state index contributed by atoms with van der Waals surface area (Å²) in [7, 11) is 0.981. The number of furan rings is 1. The molecule has 3 aromatic heterocycles. The Morgan fingerprint density at radius 1 is 0.583 bits per heavy atom. The summed E-state index contributed by atoms with van der Waals surface area (Å²) in [6.45, 7) is 0. The van der Waals surface area contributed by atoms with Gasteiger partial charge < -0.3 is 8.82 Å². The van der Waals surface area contributed by atoms with Gasteiger partial charge in [-0.1, -0.05) is 87.3 Å². The number of para-hydroxylation sites is 1. The van der Waals surface area contributed by atoms with Crippen molar-refractivity contribution in [2.75, 3.05) is 0 Å². The Morgan fingerprint density at radius 3 is 2.11 bits per heavy atom. The van der Waals surface area contributed by atoms with Crippen molar-refractivity contribution in [2.24, 2.45) is 0 Å². The van der Waals surface area contributed by atoms with E-state index in [1.165, 1.54) is 54.5 Å². The minimum absolute atomic E-state index is 0.918. The van der Waals surface area contributed by atoms with E-state index in [1.807, 2.05) is 12.1 Å². The molecule has 3 heteroatoms. The quantitative estimate of drug-likeness (QED) is 0.138. The van der Waals surface area contributed by atoms with Crippen LogP contribution >= 0.6 is 8.20 Å². The first-order valence-corrected chi connectivity index (χ1v) is 13.2. The van der Waals surface area contributed by atoms with Gasteiger partial charge in [-0.25, -0.2) is 0 Å². The first-order chi connectivity index (χ1) is 17.8. The Hall–Kier alpha value is -4.39. The fourth-order valence-electron chi connectivity index (χ4n) is 5.78. The number of benzene rings is 5. The van der Waals surface area contributed by atoms with Crippen LogP contribution < -0.4 is 5.44 Å². The summed E-state index contributed by atoms with van der Waals surface area (Å²) in [6.07, 6.45) is 4.29. The lowest BCUT2D eigenvalue weighted by atomic mass is 9.97. The molecule has 0 aliphatic heterocycles. The van der Waals surface area contributed by atoms with E-state index in [-0.39, 0.29) is 0 Å². The summed E-state index contributed by atoms with van der Waals surface area (Å²) in [5, 5.41) is 8.43. The maximum Gasteiger partial charge on any atom is 0.136 e. The van der Waals surface area contributed by atoms with Gasteiger partial charge in [-0.3, -0.25) is 0 Å². The summed E-state index contributed by atoms with van der Waals surface area (Å²) in [5.41, 5.74) is 7.88. The van der Waals surface area contributed by atoms with Crippen LogP contribution in [0.2, 0.25) is 0 Å². The third kappa shape index (κ3) is 2.65. The predicted octanol–water partition coefficient (Wildman–Crippen LogP) is 8.97. The second-order valence-electron chi connectivity index (χ2n) is 9.33. The standard InChI is InChI=1S/C33H20NOP/c1-36-32-19-24(20-9-3-2-4-10-20)33-28-16-22-12-6-5-11-21(22)15-25(28)26-18-31-27(17-29(26)34(32)33)23-13-7-8-14-30(23)35-31/h2-19H,1H2. The smallest absolute Gasteiger partial charge is 0.136 e. The second kappa shape index (κ2) is 7.31. The maximum absolute atomic E-state index is 6.32. The molecule has 2 nitrogen and oxygen atoms in total. The molecule has 0 bridgehead atoms. The molecule has 0 aliphatic rings. The van der Waals surface area contributed by atoms with Crippen LogP contribution in [0.3, 0.4) is 0 Å². The van der Waals surface area contributed by atoms with Crippen molar-refractivity contribution in [3.63, 3.8) is 0 Å². The molecule has 0 saturated heterocycles. The van der Waals surface area contributed by atoms with E-state index >= 15 is 0 Å². The largest absolute Gasteiger partial charge is 0.456 e. The van der Waals surface area contributed by atoms with Crippen LogP contribution in [0.15, 0.2) is 114 Å². The molecule has 0 N–H and O–H groups in total. The van der Waals surface area contributed by atoms with Crippen molar-refractivity contribution in [3.8, 4) is 11.1 Å². The lowest BCUT2D eigenvalue weighted by Gasteiger charge is -2.13. The van der Waals surface area contributed by atoms with E-state index in [2.05, 4.69) is 108 Å². The highest BCUT2D eigenvalue weighted by Gasteiger charge is 2.19. The minimum Gasteiger partial charge on any atom is -0.456 e. The normalized spacial score (nSPS) is 12.2. The molecular weight excluding hydrogens is 457 g/mol. The van der Waals surface area contributed by atoms with Crippen LogP contribution in [-0.2, 0) is 0 Å².